The summed E-state index contributed by atoms with van der Waals surface area (Å²) in [6, 6.07) is 7.06. The van der Waals surface area contributed by atoms with Crippen molar-refractivity contribution in [1.29, 1.82) is 0 Å². The summed E-state index contributed by atoms with van der Waals surface area (Å²) in [7, 11) is 1.96. The zero-order chi connectivity index (χ0) is 13.5. The summed E-state index contributed by atoms with van der Waals surface area (Å²) in [4.78, 5) is 14.1. The van der Waals surface area contributed by atoms with Gasteiger partial charge in [0.05, 0.1) is 6.04 Å². The van der Waals surface area contributed by atoms with E-state index in [1.165, 1.54) is 0 Å². The van der Waals surface area contributed by atoms with Crippen molar-refractivity contribution in [2.75, 3.05) is 36.7 Å². The SMILES string of the molecule is CSCCN(C)C(C)C(=O)Nc1cccc(N)c1. The number of carbonyl (C=O) groups excluding carboxylic acids is 1. The van der Waals surface area contributed by atoms with Gasteiger partial charge in [0.25, 0.3) is 0 Å². The molecular formula is C13H21N3OS. The molecule has 5 heteroatoms. The third-order valence-corrected chi connectivity index (χ3v) is 3.43. The van der Waals surface area contributed by atoms with Gasteiger partial charge >= 0.3 is 0 Å². The molecule has 4 nitrogen and oxygen atoms in total. The van der Waals surface area contributed by atoms with E-state index < -0.39 is 0 Å². The van der Waals surface area contributed by atoms with Crippen LogP contribution in [0.2, 0.25) is 0 Å². The van der Waals surface area contributed by atoms with Crippen LogP contribution in [0.4, 0.5) is 11.4 Å². The molecule has 1 rings (SSSR count). The van der Waals surface area contributed by atoms with E-state index in [0.29, 0.717) is 5.69 Å². The summed E-state index contributed by atoms with van der Waals surface area (Å²) in [6.07, 6.45) is 2.06. The van der Waals surface area contributed by atoms with Gasteiger partial charge in [0.2, 0.25) is 5.91 Å². The number of hydrogen-bond donors (Lipinski definition) is 2. The first kappa shape index (κ1) is 14.9. The lowest BCUT2D eigenvalue weighted by molar-refractivity contribution is -0.120. The van der Waals surface area contributed by atoms with Crippen LogP contribution in [0.25, 0.3) is 0 Å². The van der Waals surface area contributed by atoms with Gasteiger partial charge in [-0.05, 0) is 38.4 Å². The molecule has 1 amide bonds. The number of rotatable bonds is 6. The third-order valence-electron chi connectivity index (χ3n) is 2.84. The Labute approximate surface area is 113 Å². The summed E-state index contributed by atoms with van der Waals surface area (Å²) in [5.41, 5.74) is 7.06. The van der Waals surface area contributed by atoms with Gasteiger partial charge in [-0.15, -0.1) is 0 Å². The fourth-order valence-corrected chi connectivity index (χ4v) is 1.96. The Morgan fingerprint density at radius 2 is 2.28 bits per heavy atom. The molecule has 0 saturated carbocycles. The van der Waals surface area contributed by atoms with Gasteiger partial charge in [0, 0.05) is 23.7 Å². The van der Waals surface area contributed by atoms with Gasteiger partial charge < -0.3 is 11.1 Å². The largest absolute Gasteiger partial charge is 0.399 e. The molecule has 0 bridgehead atoms. The zero-order valence-corrected chi connectivity index (χ0v) is 12.0. The van der Waals surface area contributed by atoms with Crippen LogP contribution >= 0.6 is 11.8 Å². The van der Waals surface area contributed by atoms with Gasteiger partial charge in [0.1, 0.15) is 0 Å². The minimum atomic E-state index is -0.154. The molecule has 0 radical (unpaired) electrons. The lowest BCUT2D eigenvalue weighted by Gasteiger charge is -2.23. The highest BCUT2D eigenvalue weighted by atomic mass is 32.2. The molecule has 0 aliphatic carbocycles. The maximum Gasteiger partial charge on any atom is 0.241 e. The van der Waals surface area contributed by atoms with Crippen molar-refractivity contribution in [1.82, 2.24) is 4.90 Å². The minimum absolute atomic E-state index is 0.01000. The number of likely N-dealkylation sites (N-methyl/N-ethyl adjacent to an activating group) is 1. The molecule has 1 aromatic carbocycles. The lowest BCUT2D eigenvalue weighted by Crippen LogP contribution is -2.40. The molecule has 0 aliphatic rings. The average molecular weight is 267 g/mol. The molecule has 0 aliphatic heterocycles. The molecule has 1 atom stereocenters. The lowest BCUT2D eigenvalue weighted by atomic mass is 10.2. The normalized spacial score (nSPS) is 12.4. The highest BCUT2D eigenvalue weighted by Crippen LogP contribution is 2.12. The van der Waals surface area contributed by atoms with Gasteiger partial charge in [-0.1, -0.05) is 6.07 Å². The Balaban J connectivity index is 2.54. The second kappa shape index (κ2) is 7.28. The maximum atomic E-state index is 12.0. The minimum Gasteiger partial charge on any atom is -0.399 e. The predicted octanol–water partition coefficient (Wildman–Crippen LogP) is 1.89. The average Bonchev–Trinajstić information content (AvgIpc) is 2.35. The highest BCUT2D eigenvalue weighted by molar-refractivity contribution is 7.98. The van der Waals surface area contributed by atoms with Gasteiger partial charge in [0.15, 0.2) is 0 Å². The molecule has 3 N–H and O–H groups in total. The summed E-state index contributed by atoms with van der Waals surface area (Å²) in [5, 5.41) is 2.87. The molecule has 100 valence electrons. The maximum absolute atomic E-state index is 12.0. The number of nitrogens with zero attached hydrogens (tertiary/aromatic N) is 1. The first-order chi connectivity index (χ1) is 8.54. The number of carbonyl (C=O) groups is 1. The van der Waals surface area contributed by atoms with E-state index in [0.717, 1.165) is 18.0 Å². The van der Waals surface area contributed by atoms with Gasteiger partial charge in [-0.3, -0.25) is 9.69 Å². The monoisotopic (exact) mass is 267 g/mol. The molecule has 0 spiro atoms. The zero-order valence-electron chi connectivity index (χ0n) is 11.1. The van der Waals surface area contributed by atoms with Crippen molar-refractivity contribution in [2.45, 2.75) is 13.0 Å². The van der Waals surface area contributed by atoms with Crippen LogP contribution in [-0.2, 0) is 4.79 Å². The topological polar surface area (TPSA) is 58.4 Å². The van der Waals surface area contributed by atoms with Crippen LogP contribution in [0.15, 0.2) is 24.3 Å². The van der Waals surface area contributed by atoms with E-state index in [-0.39, 0.29) is 11.9 Å². The van der Waals surface area contributed by atoms with E-state index in [1.807, 2.05) is 31.0 Å². The fraction of sp³-hybridized carbons (Fsp3) is 0.462. The fourth-order valence-electron chi connectivity index (χ4n) is 1.49. The van der Waals surface area contributed by atoms with Crippen molar-refractivity contribution in [3.63, 3.8) is 0 Å². The van der Waals surface area contributed by atoms with E-state index in [2.05, 4.69) is 11.6 Å². The molecular weight excluding hydrogens is 246 g/mol. The Hall–Kier alpha value is -1.20. The first-order valence-corrected chi connectivity index (χ1v) is 7.29. The van der Waals surface area contributed by atoms with E-state index >= 15 is 0 Å². The predicted molar refractivity (Wildman–Crippen MR) is 80.0 cm³/mol. The molecule has 0 heterocycles. The molecule has 0 aromatic heterocycles. The van der Waals surface area contributed by atoms with Crippen LogP contribution in [0.3, 0.4) is 0 Å². The second-order valence-electron chi connectivity index (χ2n) is 4.26. The number of hydrogen-bond acceptors (Lipinski definition) is 4. The number of nitrogens with one attached hydrogen (secondary N) is 1. The van der Waals surface area contributed by atoms with Crippen molar-refractivity contribution in [2.24, 2.45) is 0 Å². The molecule has 0 saturated heterocycles. The van der Waals surface area contributed by atoms with E-state index in [9.17, 15) is 4.79 Å². The first-order valence-electron chi connectivity index (χ1n) is 5.90. The second-order valence-corrected chi connectivity index (χ2v) is 5.25. The Morgan fingerprint density at radius 3 is 2.89 bits per heavy atom. The Kier molecular flexibility index (Phi) is 6.01. The van der Waals surface area contributed by atoms with E-state index in [4.69, 9.17) is 5.73 Å². The number of nitrogen functional groups attached to an aromatic ring is 1. The van der Waals surface area contributed by atoms with Gasteiger partial charge in [-0.25, -0.2) is 0 Å². The standard InChI is InChI=1S/C13H21N3OS/c1-10(16(2)7-8-18-3)13(17)15-12-6-4-5-11(14)9-12/h4-6,9-10H,7-8,14H2,1-3H3,(H,15,17). The number of thioether (sulfide) groups is 1. The van der Waals surface area contributed by atoms with Crippen LogP contribution in [0.5, 0.6) is 0 Å². The Morgan fingerprint density at radius 1 is 1.56 bits per heavy atom. The Bertz CT molecular complexity index is 398. The summed E-state index contributed by atoms with van der Waals surface area (Å²) in [5.74, 6) is 1.01. The molecule has 1 aromatic rings. The molecule has 18 heavy (non-hydrogen) atoms. The van der Waals surface area contributed by atoms with Crippen molar-refractivity contribution in [3.05, 3.63) is 24.3 Å². The van der Waals surface area contributed by atoms with Crippen molar-refractivity contribution in [3.8, 4) is 0 Å². The number of anilines is 2. The number of nitrogens with two attached hydrogens (primary N) is 1. The third kappa shape index (κ3) is 4.58. The summed E-state index contributed by atoms with van der Waals surface area (Å²) < 4.78 is 0. The van der Waals surface area contributed by atoms with Crippen molar-refractivity contribution >= 4 is 29.0 Å². The smallest absolute Gasteiger partial charge is 0.241 e. The van der Waals surface area contributed by atoms with Crippen LogP contribution < -0.4 is 11.1 Å². The highest BCUT2D eigenvalue weighted by Gasteiger charge is 2.17. The quantitative estimate of drug-likeness (QED) is 0.773. The van der Waals surface area contributed by atoms with Crippen molar-refractivity contribution < 1.29 is 4.79 Å². The van der Waals surface area contributed by atoms with E-state index in [1.54, 1.807) is 23.9 Å². The number of benzene rings is 1. The van der Waals surface area contributed by atoms with Crippen LogP contribution in [0, 0.1) is 0 Å². The van der Waals surface area contributed by atoms with Crippen LogP contribution in [-0.4, -0.2) is 42.4 Å². The summed E-state index contributed by atoms with van der Waals surface area (Å²) in [6.45, 7) is 2.80. The number of amides is 1. The molecule has 0 fully saturated rings. The van der Waals surface area contributed by atoms with Gasteiger partial charge in [-0.2, -0.15) is 11.8 Å². The summed E-state index contributed by atoms with van der Waals surface area (Å²) >= 11 is 1.78. The molecule has 1 unspecified atom stereocenters. The van der Waals surface area contributed by atoms with Crippen LogP contribution in [0.1, 0.15) is 6.92 Å².